The summed E-state index contributed by atoms with van der Waals surface area (Å²) in [5.74, 6) is -2.95. The van der Waals surface area contributed by atoms with Crippen LogP contribution in [0.15, 0.2) is 12.1 Å². The number of halogens is 3. The number of amides is 3. The van der Waals surface area contributed by atoms with E-state index in [1.807, 2.05) is 0 Å². The molecule has 12 heteroatoms. The third-order valence-electron chi connectivity index (χ3n) is 4.01. The van der Waals surface area contributed by atoms with Crippen LogP contribution in [0.25, 0.3) is 0 Å². The third-order valence-corrected chi connectivity index (χ3v) is 4.97. The molecule has 1 heterocycles. The lowest BCUT2D eigenvalue weighted by molar-refractivity contribution is 0.0996. The molecular weight excluding hydrogens is 440 g/mol. The average Bonchev–Trinajstić information content (AvgIpc) is 3.06. The Bertz CT molecular complexity index is 874. The Balaban J connectivity index is 1.98. The molecular formula is C18H22ClF2N5O3S. The molecule has 1 aromatic carbocycles. The van der Waals surface area contributed by atoms with Crippen molar-refractivity contribution in [1.82, 2.24) is 9.69 Å². The number of ether oxygens (including phenoxy) is 1. The Kier molecular flexibility index (Phi) is 9.21. The van der Waals surface area contributed by atoms with Gasteiger partial charge in [0, 0.05) is 11.6 Å². The zero-order valence-corrected chi connectivity index (χ0v) is 17.5. The van der Waals surface area contributed by atoms with Crippen molar-refractivity contribution in [1.29, 1.82) is 0 Å². The maximum Gasteiger partial charge on any atom is 0.319 e. The normalized spacial score (nSPS) is 10.7. The molecule has 0 saturated carbocycles. The topological polar surface area (TPSA) is 132 Å². The summed E-state index contributed by atoms with van der Waals surface area (Å²) in [5.41, 5.74) is 10.2. The number of nitrogens with two attached hydrogens (primary N) is 2. The van der Waals surface area contributed by atoms with Gasteiger partial charge in [-0.1, -0.05) is 24.4 Å². The van der Waals surface area contributed by atoms with Crippen LogP contribution in [-0.2, 0) is 6.61 Å². The number of anilines is 1. The summed E-state index contributed by atoms with van der Waals surface area (Å²) in [7, 11) is 0. The number of carbonyl (C=O) groups is 2. The molecule has 0 aliphatic rings. The molecule has 0 aliphatic carbocycles. The highest BCUT2D eigenvalue weighted by molar-refractivity contribution is 7.11. The molecule has 0 spiro atoms. The minimum atomic E-state index is -0.909. The van der Waals surface area contributed by atoms with Crippen molar-refractivity contribution in [3.63, 3.8) is 0 Å². The SMILES string of the molecule is NCCCCCCNC(=O)Nc1snc(OCc2c(F)cc(Cl)cc2F)c1C(N)=O. The molecule has 1 aromatic heterocycles. The molecule has 8 nitrogen and oxygen atoms in total. The lowest BCUT2D eigenvalue weighted by Gasteiger charge is -2.09. The number of urea groups is 1. The summed E-state index contributed by atoms with van der Waals surface area (Å²) in [6.07, 6.45) is 3.63. The summed E-state index contributed by atoms with van der Waals surface area (Å²) in [4.78, 5) is 23.8. The van der Waals surface area contributed by atoms with Gasteiger partial charge >= 0.3 is 6.03 Å². The van der Waals surface area contributed by atoms with Gasteiger partial charge in [0.25, 0.3) is 5.91 Å². The van der Waals surface area contributed by atoms with E-state index in [9.17, 15) is 18.4 Å². The number of rotatable bonds is 11. The van der Waals surface area contributed by atoms with Crippen molar-refractivity contribution in [2.45, 2.75) is 32.3 Å². The van der Waals surface area contributed by atoms with E-state index in [4.69, 9.17) is 27.8 Å². The molecule has 3 amide bonds. The van der Waals surface area contributed by atoms with Gasteiger partial charge in [-0.25, -0.2) is 13.6 Å². The Morgan fingerprint density at radius 1 is 1.17 bits per heavy atom. The summed E-state index contributed by atoms with van der Waals surface area (Å²) in [6.45, 7) is 0.532. The summed E-state index contributed by atoms with van der Waals surface area (Å²) in [5, 5.41) is 5.10. The fourth-order valence-electron chi connectivity index (χ4n) is 2.50. The first-order chi connectivity index (χ1) is 14.3. The molecule has 0 radical (unpaired) electrons. The molecule has 6 N–H and O–H groups in total. The Morgan fingerprint density at radius 2 is 1.83 bits per heavy atom. The van der Waals surface area contributed by atoms with Crippen LogP contribution >= 0.6 is 23.1 Å². The molecule has 164 valence electrons. The van der Waals surface area contributed by atoms with Crippen LogP contribution in [0, 0.1) is 11.6 Å². The fourth-order valence-corrected chi connectivity index (χ4v) is 3.43. The quantitative estimate of drug-likeness (QED) is 0.381. The monoisotopic (exact) mass is 461 g/mol. The van der Waals surface area contributed by atoms with Crippen molar-refractivity contribution < 1.29 is 23.1 Å². The molecule has 0 bridgehead atoms. The average molecular weight is 462 g/mol. The van der Waals surface area contributed by atoms with Gasteiger partial charge in [0.05, 0.1) is 5.56 Å². The van der Waals surface area contributed by atoms with E-state index in [1.54, 1.807) is 0 Å². The van der Waals surface area contributed by atoms with Gasteiger partial charge in [-0.3, -0.25) is 10.1 Å². The van der Waals surface area contributed by atoms with Gasteiger partial charge in [0.1, 0.15) is 28.8 Å². The van der Waals surface area contributed by atoms with Gasteiger partial charge in [-0.15, -0.1) is 0 Å². The van der Waals surface area contributed by atoms with E-state index in [2.05, 4.69) is 15.0 Å². The zero-order chi connectivity index (χ0) is 22.1. The molecule has 0 atom stereocenters. The highest BCUT2D eigenvalue weighted by atomic mass is 35.5. The Hall–Kier alpha value is -2.50. The minimum Gasteiger partial charge on any atom is -0.471 e. The van der Waals surface area contributed by atoms with E-state index in [1.165, 1.54) is 0 Å². The second-order valence-electron chi connectivity index (χ2n) is 6.28. The maximum atomic E-state index is 13.9. The van der Waals surface area contributed by atoms with Crippen LogP contribution in [0.3, 0.4) is 0 Å². The second-order valence-corrected chi connectivity index (χ2v) is 7.49. The first kappa shape index (κ1) is 23.8. The van der Waals surface area contributed by atoms with E-state index < -0.39 is 30.2 Å². The first-order valence-corrected chi connectivity index (χ1v) is 10.3. The highest BCUT2D eigenvalue weighted by Gasteiger charge is 2.23. The number of nitrogens with one attached hydrogen (secondary N) is 2. The van der Waals surface area contributed by atoms with Crippen LogP contribution in [0.5, 0.6) is 5.88 Å². The van der Waals surface area contributed by atoms with Crippen molar-refractivity contribution in [2.24, 2.45) is 11.5 Å². The van der Waals surface area contributed by atoms with Gasteiger partial charge in [-0.2, -0.15) is 4.37 Å². The summed E-state index contributed by atoms with van der Waals surface area (Å²) < 4.78 is 36.9. The number of unbranched alkanes of at least 4 members (excludes halogenated alkanes) is 3. The van der Waals surface area contributed by atoms with Gasteiger partial charge in [-0.05, 0) is 43.1 Å². The van der Waals surface area contributed by atoms with Crippen LogP contribution in [-0.4, -0.2) is 29.4 Å². The van der Waals surface area contributed by atoms with Crippen molar-refractivity contribution in [3.8, 4) is 5.88 Å². The van der Waals surface area contributed by atoms with Crippen molar-refractivity contribution >= 4 is 40.1 Å². The molecule has 2 rings (SSSR count). The second kappa shape index (κ2) is 11.6. The lowest BCUT2D eigenvalue weighted by atomic mass is 10.2. The van der Waals surface area contributed by atoms with Crippen LogP contribution in [0.2, 0.25) is 5.02 Å². The number of primary amides is 1. The van der Waals surface area contributed by atoms with Gasteiger partial charge < -0.3 is 21.5 Å². The van der Waals surface area contributed by atoms with Crippen LogP contribution in [0.1, 0.15) is 41.6 Å². The van der Waals surface area contributed by atoms with E-state index in [0.717, 1.165) is 49.3 Å². The van der Waals surface area contributed by atoms with E-state index in [0.29, 0.717) is 13.1 Å². The third kappa shape index (κ3) is 6.78. The molecule has 0 fully saturated rings. The molecule has 0 saturated heterocycles. The predicted molar refractivity (Wildman–Crippen MR) is 111 cm³/mol. The molecule has 0 aliphatic heterocycles. The number of hydrogen-bond donors (Lipinski definition) is 4. The van der Waals surface area contributed by atoms with E-state index in [-0.39, 0.29) is 27.0 Å². The van der Waals surface area contributed by atoms with Gasteiger partial charge in [0.2, 0.25) is 5.88 Å². The number of benzene rings is 1. The van der Waals surface area contributed by atoms with E-state index >= 15 is 0 Å². The molecule has 0 unspecified atom stereocenters. The van der Waals surface area contributed by atoms with Crippen molar-refractivity contribution in [2.75, 3.05) is 18.4 Å². The fraction of sp³-hybridized carbons (Fsp3) is 0.389. The summed E-state index contributed by atoms with van der Waals surface area (Å²) >= 11 is 6.34. The number of hydrogen-bond acceptors (Lipinski definition) is 6. The Labute approximate surface area is 181 Å². The number of carbonyl (C=O) groups excluding carboxylic acids is 2. The number of nitrogens with zero attached hydrogens (tertiary/aromatic N) is 1. The molecule has 30 heavy (non-hydrogen) atoms. The molecule has 2 aromatic rings. The van der Waals surface area contributed by atoms with Crippen molar-refractivity contribution in [3.05, 3.63) is 39.9 Å². The minimum absolute atomic E-state index is 0.0650. The van der Waals surface area contributed by atoms with Crippen LogP contribution < -0.4 is 26.8 Å². The smallest absolute Gasteiger partial charge is 0.319 e. The number of aromatic nitrogens is 1. The largest absolute Gasteiger partial charge is 0.471 e. The predicted octanol–water partition coefficient (Wildman–Crippen LogP) is 3.39. The first-order valence-electron chi connectivity index (χ1n) is 9.14. The Morgan fingerprint density at radius 3 is 2.47 bits per heavy atom. The van der Waals surface area contributed by atoms with Gasteiger partial charge in [0.15, 0.2) is 0 Å². The van der Waals surface area contributed by atoms with Crippen LogP contribution in [0.4, 0.5) is 18.6 Å². The highest BCUT2D eigenvalue weighted by Crippen LogP contribution is 2.31. The maximum absolute atomic E-state index is 13.9. The zero-order valence-electron chi connectivity index (χ0n) is 16.0. The summed E-state index contributed by atoms with van der Waals surface area (Å²) in [6, 6.07) is 1.33. The standard InChI is InChI=1S/C18H22ClF2N5O3S/c19-10-7-12(20)11(13(21)8-10)9-29-16-14(15(23)27)17(30-26-16)25-18(28)24-6-4-2-1-3-5-22/h7-8H,1-6,9,22H2,(H2,23,27)(H2,24,25,28). The lowest BCUT2D eigenvalue weighted by Crippen LogP contribution is -2.30.